The van der Waals surface area contributed by atoms with Gasteiger partial charge >= 0.3 is 0 Å². The van der Waals surface area contributed by atoms with E-state index in [1.54, 1.807) is 7.11 Å². The molecule has 0 bridgehead atoms. The highest BCUT2D eigenvalue weighted by Gasteiger charge is 2.21. The Balaban J connectivity index is 1.86. The van der Waals surface area contributed by atoms with E-state index < -0.39 is 0 Å². The van der Waals surface area contributed by atoms with Crippen LogP contribution in [0.2, 0.25) is 0 Å². The van der Waals surface area contributed by atoms with E-state index in [0.717, 1.165) is 39.2 Å². The summed E-state index contributed by atoms with van der Waals surface area (Å²) >= 11 is 0. The molecule has 0 saturated carbocycles. The number of nitrogens with one attached hydrogen (secondary N) is 1. The highest BCUT2D eigenvalue weighted by molar-refractivity contribution is 5.86. The SMILES string of the molecule is CCNC(C)Cc1cn(C)c2cc3c(cc12)CN(CCOC)C3. The molecule has 1 unspecified atom stereocenters. The molecule has 4 heteroatoms. The smallest absolute Gasteiger partial charge is 0.0589 e. The Bertz CT molecular complexity index is 677. The van der Waals surface area contributed by atoms with E-state index >= 15 is 0 Å². The lowest BCUT2D eigenvalue weighted by Gasteiger charge is -2.13. The fraction of sp³-hybridized carbons (Fsp3) is 0.579. The Morgan fingerprint density at radius 2 is 2.00 bits per heavy atom. The molecule has 1 atom stereocenters. The first-order valence-electron chi connectivity index (χ1n) is 8.66. The van der Waals surface area contributed by atoms with Crippen molar-refractivity contribution >= 4 is 10.9 Å². The molecule has 0 aliphatic carbocycles. The third kappa shape index (κ3) is 3.44. The maximum Gasteiger partial charge on any atom is 0.0589 e. The Labute approximate surface area is 139 Å². The molecule has 0 radical (unpaired) electrons. The zero-order chi connectivity index (χ0) is 16.4. The van der Waals surface area contributed by atoms with Gasteiger partial charge in [-0.1, -0.05) is 6.92 Å². The van der Waals surface area contributed by atoms with E-state index in [1.165, 1.54) is 27.6 Å². The lowest BCUT2D eigenvalue weighted by atomic mass is 10.0. The van der Waals surface area contributed by atoms with Crippen LogP contribution >= 0.6 is 0 Å². The second-order valence-corrected chi connectivity index (χ2v) is 6.77. The van der Waals surface area contributed by atoms with Crippen LogP contribution in [0.4, 0.5) is 0 Å². The maximum atomic E-state index is 5.22. The van der Waals surface area contributed by atoms with Crippen LogP contribution in [0.15, 0.2) is 18.3 Å². The molecule has 1 aliphatic heterocycles. The molecule has 1 aliphatic rings. The number of methoxy groups -OCH3 is 1. The molecule has 2 aromatic rings. The van der Waals surface area contributed by atoms with Crippen molar-refractivity contribution in [2.24, 2.45) is 7.05 Å². The number of likely N-dealkylation sites (N-methyl/N-ethyl adjacent to an activating group) is 1. The van der Waals surface area contributed by atoms with Gasteiger partial charge in [0.25, 0.3) is 0 Å². The standard InChI is InChI=1S/C19H29N3O/c1-5-20-14(2)8-17-11-21(3)19-10-16-13-22(6-7-23-4)12-15(16)9-18(17)19/h9-11,14,20H,5-8,12-13H2,1-4H3. The van der Waals surface area contributed by atoms with Gasteiger partial charge in [0.1, 0.15) is 0 Å². The topological polar surface area (TPSA) is 29.4 Å². The lowest BCUT2D eigenvalue weighted by Crippen LogP contribution is -2.27. The van der Waals surface area contributed by atoms with Gasteiger partial charge in [-0.3, -0.25) is 4.90 Å². The molecule has 3 rings (SSSR count). The first kappa shape index (κ1) is 16.5. The van der Waals surface area contributed by atoms with Gasteiger partial charge < -0.3 is 14.6 Å². The van der Waals surface area contributed by atoms with Crippen molar-refractivity contribution < 1.29 is 4.74 Å². The molecule has 0 saturated heterocycles. The van der Waals surface area contributed by atoms with E-state index in [-0.39, 0.29) is 0 Å². The molecule has 0 fully saturated rings. The number of fused-ring (bicyclic) bond motifs is 2. The number of ether oxygens (including phenoxy) is 1. The zero-order valence-electron chi connectivity index (χ0n) is 14.9. The molecule has 2 heterocycles. The number of aromatic nitrogens is 1. The van der Waals surface area contributed by atoms with E-state index in [1.807, 2.05) is 0 Å². The van der Waals surface area contributed by atoms with Crippen LogP contribution in [0.3, 0.4) is 0 Å². The van der Waals surface area contributed by atoms with Crippen LogP contribution in [0.1, 0.15) is 30.5 Å². The first-order valence-corrected chi connectivity index (χ1v) is 8.66. The molecular weight excluding hydrogens is 286 g/mol. The minimum absolute atomic E-state index is 0.511. The zero-order valence-corrected chi connectivity index (χ0v) is 14.9. The number of benzene rings is 1. The first-order chi connectivity index (χ1) is 11.1. The molecule has 23 heavy (non-hydrogen) atoms. The van der Waals surface area contributed by atoms with E-state index in [9.17, 15) is 0 Å². The minimum Gasteiger partial charge on any atom is -0.383 e. The van der Waals surface area contributed by atoms with Crippen LogP contribution in [-0.4, -0.2) is 42.3 Å². The number of aryl methyl sites for hydroxylation is 1. The van der Waals surface area contributed by atoms with Crippen LogP contribution < -0.4 is 5.32 Å². The number of hydrogen-bond donors (Lipinski definition) is 1. The van der Waals surface area contributed by atoms with Gasteiger partial charge in [-0.2, -0.15) is 0 Å². The summed E-state index contributed by atoms with van der Waals surface area (Å²) in [7, 11) is 3.93. The van der Waals surface area contributed by atoms with Crippen molar-refractivity contribution in [3.05, 3.63) is 35.0 Å². The highest BCUT2D eigenvalue weighted by Crippen LogP contribution is 2.30. The van der Waals surface area contributed by atoms with Crippen molar-refractivity contribution in [1.82, 2.24) is 14.8 Å². The fourth-order valence-electron chi connectivity index (χ4n) is 3.72. The number of nitrogens with zero attached hydrogens (tertiary/aromatic N) is 2. The molecular formula is C19H29N3O. The van der Waals surface area contributed by atoms with Gasteiger partial charge in [0, 0.05) is 56.9 Å². The van der Waals surface area contributed by atoms with E-state index in [0.29, 0.717) is 6.04 Å². The third-order valence-electron chi connectivity index (χ3n) is 4.87. The highest BCUT2D eigenvalue weighted by atomic mass is 16.5. The van der Waals surface area contributed by atoms with Crippen molar-refractivity contribution in [1.29, 1.82) is 0 Å². The van der Waals surface area contributed by atoms with Gasteiger partial charge in [0.2, 0.25) is 0 Å². The molecule has 1 N–H and O–H groups in total. The molecule has 0 amide bonds. The average molecular weight is 315 g/mol. The van der Waals surface area contributed by atoms with Gasteiger partial charge in [-0.05, 0) is 48.7 Å². The second-order valence-electron chi connectivity index (χ2n) is 6.77. The predicted molar refractivity (Wildman–Crippen MR) is 95.8 cm³/mol. The normalized spacial score (nSPS) is 16.2. The van der Waals surface area contributed by atoms with Crippen LogP contribution in [0.25, 0.3) is 10.9 Å². The van der Waals surface area contributed by atoms with E-state index in [2.05, 4.69) is 54.0 Å². The number of hydrogen-bond acceptors (Lipinski definition) is 3. The van der Waals surface area contributed by atoms with Gasteiger partial charge in [0.05, 0.1) is 6.61 Å². The summed E-state index contributed by atoms with van der Waals surface area (Å²) in [6.07, 6.45) is 3.38. The average Bonchev–Trinajstić information content (AvgIpc) is 3.04. The second kappa shape index (κ2) is 7.04. The van der Waals surface area contributed by atoms with Gasteiger partial charge in [-0.25, -0.2) is 0 Å². The Morgan fingerprint density at radius 1 is 1.26 bits per heavy atom. The summed E-state index contributed by atoms with van der Waals surface area (Å²) in [5.74, 6) is 0. The van der Waals surface area contributed by atoms with Crippen LogP contribution in [0, 0.1) is 0 Å². The quantitative estimate of drug-likeness (QED) is 0.852. The molecule has 1 aromatic heterocycles. The van der Waals surface area contributed by atoms with Crippen LogP contribution in [-0.2, 0) is 31.3 Å². The third-order valence-corrected chi connectivity index (χ3v) is 4.87. The maximum absolute atomic E-state index is 5.22. The van der Waals surface area contributed by atoms with Crippen molar-refractivity contribution in [2.75, 3.05) is 26.8 Å². The molecule has 1 aromatic carbocycles. The Morgan fingerprint density at radius 3 is 2.70 bits per heavy atom. The Kier molecular flexibility index (Phi) is 5.05. The van der Waals surface area contributed by atoms with Gasteiger partial charge in [0.15, 0.2) is 0 Å². The van der Waals surface area contributed by atoms with Crippen molar-refractivity contribution in [2.45, 2.75) is 39.4 Å². The largest absolute Gasteiger partial charge is 0.383 e. The fourth-order valence-corrected chi connectivity index (χ4v) is 3.72. The molecule has 126 valence electrons. The molecule has 4 nitrogen and oxygen atoms in total. The summed E-state index contributed by atoms with van der Waals surface area (Å²) < 4.78 is 7.50. The summed E-state index contributed by atoms with van der Waals surface area (Å²) in [6.45, 7) is 9.36. The van der Waals surface area contributed by atoms with E-state index in [4.69, 9.17) is 4.74 Å². The summed E-state index contributed by atoms with van der Waals surface area (Å²) in [5, 5.41) is 4.94. The number of rotatable bonds is 7. The molecule has 0 spiro atoms. The Hall–Kier alpha value is -1.36. The summed E-state index contributed by atoms with van der Waals surface area (Å²) in [5.41, 5.74) is 5.77. The monoisotopic (exact) mass is 315 g/mol. The lowest BCUT2D eigenvalue weighted by molar-refractivity contribution is 0.147. The van der Waals surface area contributed by atoms with Crippen LogP contribution in [0.5, 0.6) is 0 Å². The van der Waals surface area contributed by atoms with Crippen molar-refractivity contribution in [3.8, 4) is 0 Å². The predicted octanol–water partition coefficient (Wildman–Crippen LogP) is 2.68. The minimum atomic E-state index is 0.511. The summed E-state index contributed by atoms with van der Waals surface area (Å²) in [6, 6.07) is 5.32. The van der Waals surface area contributed by atoms with Gasteiger partial charge in [-0.15, -0.1) is 0 Å². The summed E-state index contributed by atoms with van der Waals surface area (Å²) in [4.78, 5) is 2.47. The van der Waals surface area contributed by atoms with Crippen molar-refractivity contribution in [3.63, 3.8) is 0 Å².